The Morgan fingerprint density at radius 2 is 2.28 bits per heavy atom. The van der Waals surface area contributed by atoms with Crippen LogP contribution in [-0.2, 0) is 19.4 Å². The van der Waals surface area contributed by atoms with Gasteiger partial charge in [-0.2, -0.15) is 12.8 Å². The Balaban J connectivity index is 2.32. The normalized spacial score (nSPS) is 11.9. The molecule has 0 unspecified atom stereocenters. The van der Waals surface area contributed by atoms with Crippen LogP contribution in [0.5, 0.6) is 0 Å². The minimum atomic E-state index is -4.22. The van der Waals surface area contributed by atoms with Crippen LogP contribution in [0, 0.1) is 0 Å². The Bertz CT molecular complexity index is 654. The van der Waals surface area contributed by atoms with E-state index in [4.69, 9.17) is 4.55 Å². The van der Waals surface area contributed by atoms with Gasteiger partial charge < -0.3 is 0 Å². The van der Waals surface area contributed by atoms with Gasteiger partial charge in [-0.1, -0.05) is 0 Å². The molecule has 98 valence electrons. The fourth-order valence-corrected chi connectivity index (χ4v) is 2.53. The van der Waals surface area contributed by atoms with E-state index in [1.165, 1.54) is 18.2 Å². The van der Waals surface area contributed by atoms with Gasteiger partial charge in [-0.3, -0.25) is 4.55 Å². The topological polar surface area (TPSA) is 97.8 Å². The van der Waals surface area contributed by atoms with Crippen LogP contribution >= 0.6 is 23.6 Å². The van der Waals surface area contributed by atoms with Crippen molar-refractivity contribution in [3.05, 3.63) is 18.2 Å². The van der Waals surface area contributed by atoms with Crippen LogP contribution in [-0.4, -0.2) is 23.6 Å². The summed E-state index contributed by atoms with van der Waals surface area (Å²) in [6.45, 7) is 0. The molecule has 0 spiro atoms. The maximum absolute atomic E-state index is 11.0. The Labute approximate surface area is 111 Å². The number of anilines is 1. The third kappa shape index (κ3) is 2.91. The fraction of sp³-hybridized carbons (Fsp3) is 0.125. The Hall–Kier alpha value is -0.910. The van der Waals surface area contributed by atoms with E-state index >= 15 is 0 Å². The monoisotopic (exact) mass is 308 g/mol. The molecule has 1 aromatic carbocycles. The standard InChI is InChI=1S/C8H8N2O5S3/c1-16-15-14-9-8-6-3-2-5(18(11,12)13)4-7(6)10-17-8/h2-4,9H,1H3,(H,11,12,13). The van der Waals surface area contributed by atoms with E-state index in [1.54, 1.807) is 6.26 Å². The molecule has 0 aliphatic rings. The highest BCUT2D eigenvalue weighted by Gasteiger charge is 2.13. The maximum Gasteiger partial charge on any atom is 0.294 e. The molecule has 10 heteroatoms. The summed E-state index contributed by atoms with van der Waals surface area (Å²) in [7, 11) is -4.22. The van der Waals surface area contributed by atoms with Crippen LogP contribution in [0.3, 0.4) is 0 Å². The first-order chi connectivity index (χ1) is 8.52. The van der Waals surface area contributed by atoms with Crippen molar-refractivity contribution in [3.8, 4) is 0 Å². The van der Waals surface area contributed by atoms with Crippen LogP contribution in [0.4, 0.5) is 5.00 Å². The van der Waals surface area contributed by atoms with E-state index in [9.17, 15) is 8.42 Å². The summed E-state index contributed by atoms with van der Waals surface area (Å²) in [6, 6.07) is 4.08. The third-order valence-corrected chi connectivity index (χ3v) is 3.81. The lowest BCUT2D eigenvalue weighted by Gasteiger charge is -2.01. The van der Waals surface area contributed by atoms with Crippen molar-refractivity contribution in [1.82, 2.24) is 4.37 Å². The predicted octanol–water partition coefficient (Wildman–Crippen LogP) is 2.10. The molecule has 1 aromatic heterocycles. The van der Waals surface area contributed by atoms with Crippen molar-refractivity contribution in [2.75, 3.05) is 11.7 Å². The van der Waals surface area contributed by atoms with Gasteiger partial charge in [0.25, 0.3) is 10.1 Å². The van der Waals surface area contributed by atoms with E-state index in [2.05, 4.69) is 19.2 Å². The quantitative estimate of drug-likeness (QED) is 0.285. The van der Waals surface area contributed by atoms with Crippen molar-refractivity contribution in [2.24, 2.45) is 0 Å². The average molecular weight is 308 g/mol. The molecule has 2 aromatic rings. The number of aromatic nitrogens is 1. The first-order valence-electron chi connectivity index (χ1n) is 4.51. The largest absolute Gasteiger partial charge is 0.294 e. The second-order valence-electron chi connectivity index (χ2n) is 3.09. The average Bonchev–Trinajstić information content (AvgIpc) is 2.71. The number of nitrogens with one attached hydrogen (secondary N) is 1. The van der Waals surface area contributed by atoms with E-state index in [0.29, 0.717) is 15.9 Å². The molecule has 7 nitrogen and oxygen atoms in total. The van der Waals surface area contributed by atoms with Gasteiger partial charge in [0.05, 0.1) is 10.4 Å². The molecule has 0 aliphatic heterocycles. The van der Waals surface area contributed by atoms with Gasteiger partial charge in [0, 0.05) is 23.7 Å². The molecule has 1 heterocycles. The van der Waals surface area contributed by atoms with Crippen molar-refractivity contribution in [2.45, 2.75) is 4.90 Å². The molecular weight excluding hydrogens is 300 g/mol. The number of rotatable bonds is 5. The summed E-state index contributed by atoms with van der Waals surface area (Å²) in [5.41, 5.74) is 2.96. The summed E-state index contributed by atoms with van der Waals surface area (Å²) in [6.07, 6.45) is 1.69. The Morgan fingerprint density at radius 1 is 1.50 bits per heavy atom. The first kappa shape index (κ1) is 13.5. The smallest absolute Gasteiger partial charge is 0.282 e. The lowest BCUT2D eigenvalue weighted by atomic mass is 10.2. The molecule has 0 saturated heterocycles. The number of fused-ring (bicyclic) bond motifs is 1. The number of benzene rings is 1. The summed E-state index contributed by atoms with van der Waals surface area (Å²) >= 11 is 2.10. The van der Waals surface area contributed by atoms with Gasteiger partial charge in [-0.05, 0) is 29.7 Å². The van der Waals surface area contributed by atoms with E-state index < -0.39 is 10.1 Å². The molecule has 0 amide bonds. The lowest BCUT2D eigenvalue weighted by Crippen LogP contribution is -1.98. The number of hydrogen-bond acceptors (Lipinski definition) is 8. The molecule has 0 atom stereocenters. The third-order valence-electron chi connectivity index (χ3n) is 1.98. The summed E-state index contributed by atoms with van der Waals surface area (Å²) in [5, 5.41) is 1.23. The van der Waals surface area contributed by atoms with Gasteiger partial charge in [0.2, 0.25) is 0 Å². The second-order valence-corrected chi connectivity index (χ2v) is 5.75. The molecule has 2 N–H and O–H groups in total. The van der Waals surface area contributed by atoms with Crippen LogP contribution in [0.25, 0.3) is 10.9 Å². The van der Waals surface area contributed by atoms with Crippen LogP contribution < -0.4 is 5.48 Å². The molecule has 18 heavy (non-hydrogen) atoms. The van der Waals surface area contributed by atoms with Crippen LogP contribution in [0.2, 0.25) is 0 Å². The summed E-state index contributed by atoms with van der Waals surface area (Å²) < 4.78 is 39.5. The van der Waals surface area contributed by atoms with Gasteiger partial charge >= 0.3 is 0 Å². The number of hydrogen-bond donors (Lipinski definition) is 2. The van der Waals surface area contributed by atoms with Gasteiger partial charge in [-0.25, -0.2) is 5.48 Å². The Kier molecular flexibility index (Phi) is 4.04. The summed E-state index contributed by atoms with van der Waals surface area (Å²) in [5.74, 6) is 0. The molecule has 0 radical (unpaired) electrons. The van der Waals surface area contributed by atoms with Crippen molar-refractivity contribution < 1.29 is 22.3 Å². The van der Waals surface area contributed by atoms with Crippen molar-refractivity contribution in [1.29, 1.82) is 0 Å². The second kappa shape index (κ2) is 5.38. The van der Waals surface area contributed by atoms with Gasteiger partial charge in [-0.15, -0.1) is 9.32 Å². The SMILES string of the molecule is CSOONc1snc2cc(S(=O)(=O)O)ccc12. The van der Waals surface area contributed by atoms with Gasteiger partial charge in [0.15, 0.2) is 0 Å². The molecule has 0 aliphatic carbocycles. The fourth-order valence-electron chi connectivity index (χ4n) is 1.25. The molecule has 0 fully saturated rings. The minimum Gasteiger partial charge on any atom is -0.282 e. The lowest BCUT2D eigenvalue weighted by molar-refractivity contribution is -0.159. The predicted molar refractivity (Wildman–Crippen MR) is 68.7 cm³/mol. The van der Waals surface area contributed by atoms with E-state index in [-0.39, 0.29) is 4.90 Å². The zero-order chi connectivity index (χ0) is 13.2. The molecule has 0 bridgehead atoms. The zero-order valence-electron chi connectivity index (χ0n) is 8.98. The highest BCUT2D eigenvalue weighted by atomic mass is 32.2. The maximum atomic E-state index is 11.0. The molecule has 2 rings (SSSR count). The van der Waals surface area contributed by atoms with Crippen molar-refractivity contribution in [3.63, 3.8) is 0 Å². The summed E-state index contributed by atoms with van der Waals surface area (Å²) in [4.78, 5) is 4.45. The minimum absolute atomic E-state index is 0.201. The van der Waals surface area contributed by atoms with E-state index in [1.807, 2.05) is 0 Å². The molecular formula is C8H8N2O5S3. The van der Waals surface area contributed by atoms with Crippen LogP contribution in [0.15, 0.2) is 23.1 Å². The zero-order valence-corrected chi connectivity index (χ0v) is 11.4. The number of nitrogens with zero attached hydrogens (tertiary/aromatic N) is 1. The highest BCUT2D eigenvalue weighted by Crippen LogP contribution is 2.29. The van der Waals surface area contributed by atoms with Gasteiger partial charge in [0.1, 0.15) is 5.00 Å². The Morgan fingerprint density at radius 3 is 2.94 bits per heavy atom. The van der Waals surface area contributed by atoms with E-state index in [0.717, 1.165) is 23.6 Å². The van der Waals surface area contributed by atoms with Crippen LogP contribution in [0.1, 0.15) is 0 Å². The first-order valence-corrected chi connectivity index (χ1v) is 7.88. The van der Waals surface area contributed by atoms with Crippen molar-refractivity contribution >= 4 is 49.6 Å². The molecule has 0 saturated carbocycles. The highest BCUT2D eigenvalue weighted by molar-refractivity contribution is 7.93.